The van der Waals surface area contributed by atoms with Gasteiger partial charge in [0.2, 0.25) is 0 Å². The van der Waals surface area contributed by atoms with Crippen LogP contribution < -0.4 is 4.74 Å². The van der Waals surface area contributed by atoms with Crippen LogP contribution in [0.2, 0.25) is 0 Å². The summed E-state index contributed by atoms with van der Waals surface area (Å²) >= 11 is 1.27. The summed E-state index contributed by atoms with van der Waals surface area (Å²) in [6.07, 6.45) is 1.34. The fourth-order valence-electron chi connectivity index (χ4n) is 0.951. The van der Waals surface area contributed by atoms with E-state index in [1.54, 1.807) is 12.3 Å². The second kappa shape index (κ2) is 6.51. The van der Waals surface area contributed by atoms with Crippen LogP contribution in [0.25, 0.3) is 16.5 Å². The van der Waals surface area contributed by atoms with Gasteiger partial charge in [-0.25, -0.2) is 9.78 Å². The maximum Gasteiger partial charge on any atom is 0.340 e. The molecule has 17 heavy (non-hydrogen) atoms. The Hall–Kier alpha value is -2.05. The number of rotatable bonds is 5. The molecule has 0 saturated carbocycles. The average molecular weight is 254 g/mol. The Kier molecular flexibility index (Phi) is 4.99. The zero-order valence-electron chi connectivity index (χ0n) is 9.28. The van der Waals surface area contributed by atoms with Crippen LogP contribution >= 0.6 is 11.3 Å². The predicted octanol–water partition coefficient (Wildman–Crippen LogP) is 2.37. The SMILES string of the molecule is CCOC(=O)/C(=C/c1csc(OC)n1)N=[N+]=[N-]. The Morgan fingerprint density at radius 3 is 3.06 bits per heavy atom. The monoisotopic (exact) mass is 254 g/mol. The number of carbonyl (C=O) groups excluding carboxylic acids is 1. The summed E-state index contributed by atoms with van der Waals surface area (Å²) in [7, 11) is 1.49. The zero-order chi connectivity index (χ0) is 12.7. The zero-order valence-corrected chi connectivity index (χ0v) is 10.1. The van der Waals surface area contributed by atoms with Gasteiger partial charge >= 0.3 is 5.97 Å². The summed E-state index contributed by atoms with van der Waals surface area (Å²) in [4.78, 5) is 18.0. The molecule has 0 aromatic carbocycles. The number of hydrogen-bond donors (Lipinski definition) is 0. The molecule has 1 rings (SSSR count). The number of esters is 1. The lowest BCUT2D eigenvalue weighted by molar-refractivity contribution is -0.138. The maximum atomic E-state index is 11.4. The van der Waals surface area contributed by atoms with Crippen molar-refractivity contribution in [3.8, 4) is 5.19 Å². The maximum absolute atomic E-state index is 11.4. The third kappa shape index (κ3) is 3.78. The molecule has 1 aromatic rings. The molecule has 0 aliphatic rings. The van der Waals surface area contributed by atoms with Gasteiger partial charge < -0.3 is 9.47 Å². The number of aromatic nitrogens is 1. The fourth-order valence-corrected chi connectivity index (χ4v) is 1.55. The minimum absolute atomic E-state index is 0.137. The van der Waals surface area contributed by atoms with Gasteiger partial charge in [-0.1, -0.05) is 16.5 Å². The number of ether oxygens (including phenoxy) is 2. The van der Waals surface area contributed by atoms with Crippen molar-refractivity contribution in [3.63, 3.8) is 0 Å². The quantitative estimate of drug-likeness (QED) is 0.265. The van der Waals surface area contributed by atoms with Crippen molar-refractivity contribution in [3.05, 3.63) is 27.2 Å². The summed E-state index contributed by atoms with van der Waals surface area (Å²) in [6.45, 7) is 1.87. The number of azide groups is 1. The van der Waals surface area contributed by atoms with E-state index in [1.807, 2.05) is 0 Å². The molecule has 90 valence electrons. The lowest BCUT2D eigenvalue weighted by Gasteiger charge is -1.99. The van der Waals surface area contributed by atoms with E-state index in [2.05, 4.69) is 15.0 Å². The van der Waals surface area contributed by atoms with Gasteiger partial charge in [0.1, 0.15) is 5.70 Å². The van der Waals surface area contributed by atoms with E-state index in [0.29, 0.717) is 10.9 Å². The smallest absolute Gasteiger partial charge is 0.340 e. The lowest BCUT2D eigenvalue weighted by Crippen LogP contribution is -2.05. The fraction of sp³-hybridized carbons (Fsp3) is 0.333. The molecule has 0 atom stereocenters. The largest absolute Gasteiger partial charge is 0.473 e. The number of hydrogen-bond acceptors (Lipinski definition) is 6. The van der Waals surface area contributed by atoms with Crippen LogP contribution in [0.5, 0.6) is 5.19 Å². The van der Waals surface area contributed by atoms with E-state index < -0.39 is 5.97 Å². The molecule has 0 amide bonds. The molecular weight excluding hydrogens is 244 g/mol. The lowest BCUT2D eigenvalue weighted by atomic mass is 10.3. The molecule has 0 spiro atoms. The van der Waals surface area contributed by atoms with Crippen molar-refractivity contribution in [1.29, 1.82) is 0 Å². The molecule has 0 fully saturated rings. The number of nitrogens with zero attached hydrogens (tertiary/aromatic N) is 4. The highest BCUT2D eigenvalue weighted by Crippen LogP contribution is 2.19. The minimum atomic E-state index is -0.683. The number of thiazole rings is 1. The van der Waals surface area contributed by atoms with E-state index in [0.717, 1.165) is 0 Å². The van der Waals surface area contributed by atoms with E-state index in [4.69, 9.17) is 15.0 Å². The molecule has 8 heteroatoms. The molecule has 0 aliphatic carbocycles. The van der Waals surface area contributed by atoms with E-state index >= 15 is 0 Å². The van der Waals surface area contributed by atoms with Crippen molar-refractivity contribution in [2.45, 2.75) is 6.92 Å². The highest BCUT2D eigenvalue weighted by molar-refractivity contribution is 7.11. The van der Waals surface area contributed by atoms with Gasteiger partial charge in [-0.05, 0) is 18.5 Å². The Balaban J connectivity index is 2.97. The van der Waals surface area contributed by atoms with Gasteiger partial charge in [-0.2, -0.15) is 0 Å². The van der Waals surface area contributed by atoms with Crippen molar-refractivity contribution in [1.82, 2.24) is 4.98 Å². The molecule has 0 unspecified atom stereocenters. The number of carbonyl (C=O) groups is 1. The molecule has 0 bridgehead atoms. The Morgan fingerprint density at radius 2 is 2.53 bits per heavy atom. The topological polar surface area (TPSA) is 97.2 Å². The van der Waals surface area contributed by atoms with Crippen LogP contribution in [0.1, 0.15) is 12.6 Å². The van der Waals surface area contributed by atoms with Crippen molar-refractivity contribution >= 4 is 23.4 Å². The minimum Gasteiger partial charge on any atom is -0.473 e. The van der Waals surface area contributed by atoms with E-state index in [9.17, 15) is 4.79 Å². The van der Waals surface area contributed by atoms with E-state index in [-0.39, 0.29) is 12.3 Å². The molecule has 0 N–H and O–H groups in total. The molecule has 0 saturated heterocycles. The first-order valence-corrected chi connectivity index (χ1v) is 5.52. The van der Waals surface area contributed by atoms with Gasteiger partial charge in [0.25, 0.3) is 5.19 Å². The Bertz CT molecular complexity index is 476. The van der Waals surface area contributed by atoms with Crippen LogP contribution in [0, 0.1) is 0 Å². The molecule has 0 aliphatic heterocycles. The van der Waals surface area contributed by atoms with Crippen LogP contribution in [-0.4, -0.2) is 24.7 Å². The Labute approximate surface area is 101 Å². The molecule has 0 radical (unpaired) electrons. The first-order valence-electron chi connectivity index (χ1n) is 4.64. The van der Waals surface area contributed by atoms with E-state index in [1.165, 1.54) is 24.5 Å². The van der Waals surface area contributed by atoms with Gasteiger partial charge in [-0.3, -0.25) is 0 Å². The second-order valence-electron chi connectivity index (χ2n) is 2.68. The van der Waals surface area contributed by atoms with Gasteiger partial charge in [-0.15, -0.1) is 0 Å². The first kappa shape index (κ1) is 13.0. The summed E-state index contributed by atoms with van der Waals surface area (Å²) in [5.74, 6) is -0.683. The second-order valence-corrected chi connectivity index (χ2v) is 3.50. The first-order chi connectivity index (χ1) is 8.21. The summed E-state index contributed by atoms with van der Waals surface area (Å²) in [6, 6.07) is 0. The van der Waals surface area contributed by atoms with Crippen molar-refractivity contribution < 1.29 is 14.3 Å². The number of methoxy groups -OCH3 is 1. The van der Waals surface area contributed by atoms with Crippen LogP contribution in [0.3, 0.4) is 0 Å². The standard InChI is InChI=1S/C9H10N4O3S/c1-3-16-8(14)7(12-13-10)4-6-5-17-9(11-6)15-2/h4-5H,3H2,1-2H3/b7-4-. The molecule has 7 nitrogen and oxygen atoms in total. The van der Waals surface area contributed by atoms with Crippen LogP contribution in [0.15, 0.2) is 16.2 Å². The average Bonchev–Trinajstić information content (AvgIpc) is 2.76. The summed E-state index contributed by atoms with van der Waals surface area (Å²) in [5, 5.41) is 5.39. The Morgan fingerprint density at radius 1 is 1.76 bits per heavy atom. The predicted molar refractivity (Wildman–Crippen MR) is 62.4 cm³/mol. The summed E-state index contributed by atoms with van der Waals surface area (Å²) < 4.78 is 9.64. The van der Waals surface area contributed by atoms with Crippen LogP contribution in [0.4, 0.5) is 0 Å². The third-order valence-corrected chi connectivity index (χ3v) is 2.42. The van der Waals surface area contributed by atoms with Gasteiger partial charge in [0.05, 0.1) is 19.4 Å². The van der Waals surface area contributed by atoms with Gasteiger partial charge in [0, 0.05) is 10.3 Å². The highest BCUT2D eigenvalue weighted by Gasteiger charge is 2.10. The summed E-state index contributed by atoms with van der Waals surface area (Å²) in [5.41, 5.74) is 8.69. The third-order valence-electron chi connectivity index (χ3n) is 1.60. The molecular formula is C9H10N4O3S. The molecule has 1 heterocycles. The highest BCUT2D eigenvalue weighted by atomic mass is 32.1. The van der Waals surface area contributed by atoms with Crippen LogP contribution in [-0.2, 0) is 9.53 Å². The normalized spacial score (nSPS) is 10.6. The van der Waals surface area contributed by atoms with Crippen molar-refractivity contribution in [2.75, 3.05) is 13.7 Å². The van der Waals surface area contributed by atoms with Crippen molar-refractivity contribution in [2.24, 2.45) is 5.11 Å². The van der Waals surface area contributed by atoms with Gasteiger partial charge in [0.15, 0.2) is 0 Å². The molecule has 1 aromatic heterocycles.